The van der Waals surface area contributed by atoms with E-state index in [2.05, 4.69) is 20.8 Å². The molecule has 2 N–H and O–H groups in total. The van der Waals surface area contributed by atoms with E-state index in [1.54, 1.807) is 0 Å². The van der Waals surface area contributed by atoms with Gasteiger partial charge in [0.05, 0.1) is 6.61 Å². The second-order valence-electron chi connectivity index (χ2n) is 6.30. The maximum absolute atomic E-state index is 5.83. The molecule has 18 heavy (non-hydrogen) atoms. The van der Waals surface area contributed by atoms with Crippen molar-refractivity contribution in [1.82, 2.24) is 0 Å². The first-order chi connectivity index (χ1) is 8.42. The molecule has 0 unspecified atom stereocenters. The third-order valence-corrected chi connectivity index (χ3v) is 2.91. The van der Waals surface area contributed by atoms with Gasteiger partial charge >= 0.3 is 0 Å². The summed E-state index contributed by atoms with van der Waals surface area (Å²) in [6.45, 7) is 7.17. The molecule has 0 aromatic heterocycles. The van der Waals surface area contributed by atoms with E-state index in [9.17, 15) is 0 Å². The molecule has 0 saturated heterocycles. The van der Waals surface area contributed by atoms with Crippen LogP contribution in [0.3, 0.4) is 0 Å². The van der Waals surface area contributed by atoms with Crippen molar-refractivity contribution in [2.45, 2.75) is 45.8 Å². The summed E-state index contributed by atoms with van der Waals surface area (Å²) >= 11 is 0. The van der Waals surface area contributed by atoms with Crippen LogP contribution in [0.4, 0.5) is 0 Å². The normalized spacial score (nSPS) is 23.3. The van der Waals surface area contributed by atoms with E-state index in [0.29, 0.717) is 12.6 Å². The van der Waals surface area contributed by atoms with Gasteiger partial charge in [-0.25, -0.2) is 0 Å². The van der Waals surface area contributed by atoms with Crippen molar-refractivity contribution in [2.75, 3.05) is 6.61 Å². The smallest absolute Gasteiger partial charge is 0.123 e. The second-order valence-corrected chi connectivity index (χ2v) is 6.30. The second kappa shape index (κ2) is 5.19. The first-order valence-electron chi connectivity index (χ1n) is 6.57. The minimum absolute atomic E-state index is 0.164. The van der Waals surface area contributed by atoms with Crippen LogP contribution in [-0.2, 0) is 0 Å². The average molecular weight is 249 g/mol. The van der Waals surface area contributed by atoms with E-state index >= 15 is 0 Å². The molecule has 1 aliphatic rings. The van der Waals surface area contributed by atoms with Gasteiger partial charge in [-0.1, -0.05) is 26.8 Å². The minimum Gasteiger partial charge on any atom is -0.493 e. The molecule has 1 saturated carbocycles. The van der Waals surface area contributed by atoms with Crippen LogP contribution in [0.5, 0.6) is 11.5 Å². The Morgan fingerprint density at radius 2 is 1.89 bits per heavy atom. The van der Waals surface area contributed by atoms with Crippen molar-refractivity contribution in [2.24, 2.45) is 11.1 Å². The van der Waals surface area contributed by atoms with Gasteiger partial charge in [0.25, 0.3) is 0 Å². The highest BCUT2D eigenvalue weighted by atomic mass is 16.5. The van der Waals surface area contributed by atoms with Crippen molar-refractivity contribution in [3.05, 3.63) is 24.3 Å². The Kier molecular flexibility index (Phi) is 3.81. The zero-order chi connectivity index (χ0) is 13.2. The maximum atomic E-state index is 5.83. The van der Waals surface area contributed by atoms with Crippen molar-refractivity contribution in [1.29, 1.82) is 0 Å². The number of rotatable bonds is 4. The first kappa shape index (κ1) is 13.2. The Morgan fingerprint density at radius 1 is 1.22 bits per heavy atom. The number of nitrogens with two attached hydrogens (primary N) is 1. The summed E-state index contributed by atoms with van der Waals surface area (Å²) in [5.74, 6) is 1.74. The SMILES string of the molecule is CC(C)(C)COc1cccc(OC2CC(N)C2)c1. The molecule has 1 aliphatic carbocycles. The quantitative estimate of drug-likeness (QED) is 0.892. The van der Waals surface area contributed by atoms with Gasteiger partial charge in [-0.3, -0.25) is 0 Å². The zero-order valence-electron chi connectivity index (χ0n) is 11.5. The molecule has 0 aliphatic heterocycles. The predicted octanol–water partition coefficient (Wildman–Crippen LogP) is 2.98. The molecule has 0 amide bonds. The zero-order valence-corrected chi connectivity index (χ0v) is 11.5. The summed E-state index contributed by atoms with van der Waals surface area (Å²) < 4.78 is 11.6. The molecule has 100 valence electrons. The van der Waals surface area contributed by atoms with Gasteiger partial charge in [-0.15, -0.1) is 0 Å². The molecule has 1 aromatic carbocycles. The van der Waals surface area contributed by atoms with E-state index in [-0.39, 0.29) is 11.5 Å². The molecule has 3 heteroatoms. The van der Waals surface area contributed by atoms with Crippen LogP contribution in [0.1, 0.15) is 33.6 Å². The molecule has 1 fully saturated rings. The number of benzene rings is 1. The van der Waals surface area contributed by atoms with Gasteiger partial charge in [0.15, 0.2) is 0 Å². The maximum Gasteiger partial charge on any atom is 0.123 e. The topological polar surface area (TPSA) is 44.5 Å². The number of ether oxygens (including phenoxy) is 2. The lowest BCUT2D eigenvalue weighted by Gasteiger charge is -2.32. The van der Waals surface area contributed by atoms with Gasteiger partial charge in [0.2, 0.25) is 0 Å². The van der Waals surface area contributed by atoms with Crippen LogP contribution < -0.4 is 15.2 Å². The lowest BCUT2D eigenvalue weighted by Crippen LogP contribution is -2.43. The van der Waals surface area contributed by atoms with Crippen molar-refractivity contribution in [3.63, 3.8) is 0 Å². The van der Waals surface area contributed by atoms with Crippen molar-refractivity contribution < 1.29 is 9.47 Å². The molecule has 1 aromatic rings. The largest absolute Gasteiger partial charge is 0.493 e. The van der Waals surface area contributed by atoms with Crippen LogP contribution >= 0.6 is 0 Å². The van der Waals surface area contributed by atoms with E-state index in [0.717, 1.165) is 24.3 Å². The van der Waals surface area contributed by atoms with Crippen LogP contribution in [0.25, 0.3) is 0 Å². The highest BCUT2D eigenvalue weighted by molar-refractivity contribution is 5.33. The van der Waals surface area contributed by atoms with Crippen molar-refractivity contribution in [3.8, 4) is 11.5 Å². The molecule has 3 nitrogen and oxygen atoms in total. The molecule has 0 bridgehead atoms. The Hall–Kier alpha value is -1.22. The van der Waals surface area contributed by atoms with Gasteiger partial charge in [-0.05, 0) is 30.4 Å². The number of hydrogen-bond acceptors (Lipinski definition) is 3. The molecule has 0 radical (unpaired) electrons. The fourth-order valence-corrected chi connectivity index (χ4v) is 1.83. The highest BCUT2D eigenvalue weighted by Crippen LogP contribution is 2.27. The monoisotopic (exact) mass is 249 g/mol. The summed E-state index contributed by atoms with van der Waals surface area (Å²) in [4.78, 5) is 0. The van der Waals surface area contributed by atoms with Crippen LogP contribution in [0.2, 0.25) is 0 Å². The summed E-state index contributed by atoms with van der Waals surface area (Å²) in [6, 6.07) is 8.16. The lowest BCUT2D eigenvalue weighted by molar-refractivity contribution is 0.100. The van der Waals surface area contributed by atoms with E-state index in [1.165, 1.54) is 0 Å². The predicted molar refractivity (Wildman–Crippen MR) is 73.0 cm³/mol. The van der Waals surface area contributed by atoms with Gasteiger partial charge in [0.1, 0.15) is 17.6 Å². The lowest BCUT2D eigenvalue weighted by atomic mass is 9.90. The van der Waals surface area contributed by atoms with E-state index < -0.39 is 0 Å². The van der Waals surface area contributed by atoms with Crippen LogP contribution in [0, 0.1) is 5.41 Å². The van der Waals surface area contributed by atoms with E-state index in [4.69, 9.17) is 15.2 Å². The molecule has 0 heterocycles. The minimum atomic E-state index is 0.164. The van der Waals surface area contributed by atoms with Gasteiger partial charge in [-0.2, -0.15) is 0 Å². The van der Waals surface area contributed by atoms with Gasteiger partial charge < -0.3 is 15.2 Å². The Bertz CT molecular complexity index is 392. The van der Waals surface area contributed by atoms with Gasteiger partial charge in [0, 0.05) is 12.1 Å². The Labute approximate surface area is 109 Å². The van der Waals surface area contributed by atoms with E-state index in [1.807, 2.05) is 24.3 Å². The Morgan fingerprint density at radius 3 is 2.50 bits per heavy atom. The standard InChI is InChI=1S/C15H23NO2/c1-15(2,3)10-17-12-5-4-6-13(9-12)18-14-7-11(16)8-14/h4-6,9,11,14H,7-8,10,16H2,1-3H3. The highest BCUT2D eigenvalue weighted by Gasteiger charge is 2.27. The summed E-state index contributed by atoms with van der Waals surface area (Å²) in [6.07, 6.45) is 2.18. The molecule has 0 atom stereocenters. The molecule has 0 spiro atoms. The summed E-state index contributed by atoms with van der Waals surface area (Å²) in [5, 5.41) is 0. The fraction of sp³-hybridized carbons (Fsp3) is 0.600. The molecular formula is C15H23NO2. The third kappa shape index (κ3) is 3.91. The van der Waals surface area contributed by atoms with Crippen LogP contribution in [0.15, 0.2) is 24.3 Å². The number of hydrogen-bond donors (Lipinski definition) is 1. The fourth-order valence-electron chi connectivity index (χ4n) is 1.83. The van der Waals surface area contributed by atoms with Crippen LogP contribution in [-0.4, -0.2) is 18.8 Å². The molecule has 2 rings (SSSR count). The summed E-state index contributed by atoms with van der Waals surface area (Å²) in [5.41, 5.74) is 5.91. The summed E-state index contributed by atoms with van der Waals surface area (Å²) in [7, 11) is 0. The Balaban J connectivity index is 1.89. The molecular weight excluding hydrogens is 226 g/mol. The average Bonchev–Trinajstić information content (AvgIpc) is 2.24. The third-order valence-electron chi connectivity index (χ3n) is 2.91. The first-order valence-corrected chi connectivity index (χ1v) is 6.57. The van der Waals surface area contributed by atoms with Crippen molar-refractivity contribution >= 4 is 0 Å².